The first-order chi connectivity index (χ1) is 6.09. The van der Waals surface area contributed by atoms with Gasteiger partial charge in [-0.1, -0.05) is 34.8 Å². The second-order valence-electron chi connectivity index (χ2n) is 2.37. The van der Waals surface area contributed by atoms with Crippen molar-refractivity contribution in [2.45, 2.75) is 3.79 Å². The van der Waals surface area contributed by atoms with E-state index < -0.39 is 3.79 Å². The molecule has 0 aliphatic heterocycles. The third-order valence-electron chi connectivity index (χ3n) is 1.53. The summed E-state index contributed by atoms with van der Waals surface area (Å²) in [5.41, 5.74) is 1.47. The first-order valence-corrected chi connectivity index (χ1v) is 4.46. The van der Waals surface area contributed by atoms with E-state index in [1.165, 1.54) is 0 Å². The van der Waals surface area contributed by atoms with E-state index in [2.05, 4.69) is 20.4 Å². The number of hydrogen-bond acceptors (Lipinski definition) is 3. The quantitative estimate of drug-likeness (QED) is 0.715. The van der Waals surface area contributed by atoms with E-state index in [9.17, 15) is 0 Å². The number of nitrogens with zero attached hydrogens (tertiary/aromatic N) is 3. The Hall–Kier alpha value is -0.580. The Morgan fingerprint density at radius 1 is 1.23 bits per heavy atom. The number of fused-ring (bicyclic) bond motifs is 1. The molecule has 0 fully saturated rings. The molecule has 0 unspecified atom stereocenters. The van der Waals surface area contributed by atoms with Crippen molar-refractivity contribution in [3.63, 3.8) is 0 Å². The van der Waals surface area contributed by atoms with Gasteiger partial charge in [-0.15, -0.1) is 10.2 Å². The molecule has 2 aromatic heterocycles. The molecule has 0 aliphatic rings. The third-order valence-corrected chi connectivity index (χ3v) is 2.06. The van der Waals surface area contributed by atoms with Crippen molar-refractivity contribution >= 4 is 45.8 Å². The SMILES string of the molecule is ClC(Cl)(Cl)c1nnnc2cc[nH]c12. The van der Waals surface area contributed by atoms with Crippen molar-refractivity contribution in [1.29, 1.82) is 0 Å². The Morgan fingerprint density at radius 3 is 2.69 bits per heavy atom. The summed E-state index contributed by atoms with van der Waals surface area (Å²) in [6.45, 7) is 0. The van der Waals surface area contributed by atoms with Gasteiger partial charge in [-0.3, -0.25) is 0 Å². The summed E-state index contributed by atoms with van der Waals surface area (Å²) in [6, 6.07) is 1.73. The molecule has 68 valence electrons. The van der Waals surface area contributed by atoms with E-state index in [4.69, 9.17) is 34.8 Å². The predicted molar refractivity (Wildman–Crippen MR) is 50.9 cm³/mol. The molecular formula is C6H3Cl3N4. The molecule has 2 heterocycles. The Balaban J connectivity index is 2.75. The lowest BCUT2D eigenvalue weighted by Gasteiger charge is -2.08. The average molecular weight is 237 g/mol. The van der Waals surface area contributed by atoms with Crippen LogP contribution in [0.1, 0.15) is 5.69 Å². The fourth-order valence-corrected chi connectivity index (χ4v) is 1.39. The van der Waals surface area contributed by atoms with E-state index >= 15 is 0 Å². The minimum absolute atomic E-state index is 0.257. The minimum atomic E-state index is -1.58. The molecule has 4 nitrogen and oxygen atoms in total. The third kappa shape index (κ3) is 1.57. The summed E-state index contributed by atoms with van der Waals surface area (Å²) in [5.74, 6) is 0. The molecule has 0 atom stereocenters. The highest BCUT2D eigenvalue weighted by atomic mass is 35.6. The van der Waals surface area contributed by atoms with Crippen molar-refractivity contribution in [1.82, 2.24) is 20.4 Å². The highest BCUT2D eigenvalue weighted by molar-refractivity contribution is 6.67. The molecule has 0 radical (unpaired) electrons. The van der Waals surface area contributed by atoms with Gasteiger partial charge in [0, 0.05) is 6.20 Å². The van der Waals surface area contributed by atoms with Crippen LogP contribution < -0.4 is 0 Å². The van der Waals surface area contributed by atoms with Crippen LogP contribution in [0.4, 0.5) is 0 Å². The van der Waals surface area contributed by atoms with E-state index in [0.717, 1.165) is 0 Å². The maximum atomic E-state index is 5.68. The number of halogens is 3. The van der Waals surface area contributed by atoms with Gasteiger partial charge in [0.25, 0.3) is 0 Å². The molecule has 0 spiro atoms. The fourth-order valence-electron chi connectivity index (χ4n) is 0.998. The topological polar surface area (TPSA) is 54.5 Å². The Kier molecular flexibility index (Phi) is 2.06. The molecule has 1 N–H and O–H groups in total. The van der Waals surface area contributed by atoms with Crippen molar-refractivity contribution < 1.29 is 0 Å². The zero-order valence-corrected chi connectivity index (χ0v) is 8.40. The predicted octanol–water partition coefficient (Wildman–Crippen LogP) is 2.18. The van der Waals surface area contributed by atoms with Crippen LogP contribution in [0, 0.1) is 0 Å². The maximum absolute atomic E-state index is 5.68. The van der Waals surface area contributed by atoms with Crippen LogP contribution in [-0.2, 0) is 3.79 Å². The summed E-state index contributed by atoms with van der Waals surface area (Å²) >= 11 is 17.0. The van der Waals surface area contributed by atoms with Crippen LogP contribution in [0.25, 0.3) is 11.0 Å². The van der Waals surface area contributed by atoms with Crippen LogP contribution >= 0.6 is 34.8 Å². The standard InChI is InChI=1S/C6H3Cl3N4/c7-6(8,9)5-4-3(1-2-10-4)11-13-12-5/h1-2,10H. The van der Waals surface area contributed by atoms with Gasteiger partial charge in [0.15, 0.2) is 0 Å². The lowest BCUT2D eigenvalue weighted by molar-refractivity contribution is 0.848. The van der Waals surface area contributed by atoms with Gasteiger partial charge < -0.3 is 4.98 Å². The van der Waals surface area contributed by atoms with Crippen LogP contribution in [0.5, 0.6) is 0 Å². The summed E-state index contributed by atoms with van der Waals surface area (Å²) in [7, 11) is 0. The summed E-state index contributed by atoms with van der Waals surface area (Å²) in [4.78, 5) is 2.88. The Labute approximate surface area is 88.2 Å². The Morgan fingerprint density at radius 2 is 2.00 bits per heavy atom. The number of aromatic nitrogens is 4. The van der Waals surface area contributed by atoms with E-state index in [1.54, 1.807) is 12.3 Å². The van der Waals surface area contributed by atoms with Gasteiger partial charge in [-0.05, 0) is 11.3 Å². The van der Waals surface area contributed by atoms with Crippen LogP contribution in [0.15, 0.2) is 12.3 Å². The second-order valence-corrected chi connectivity index (χ2v) is 4.65. The number of rotatable bonds is 0. The van der Waals surface area contributed by atoms with Gasteiger partial charge in [0.2, 0.25) is 3.79 Å². The Bertz CT molecular complexity index is 433. The summed E-state index contributed by atoms with van der Waals surface area (Å²) < 4.78 is -1.58. The molecule has 0 saturated heterocycles. The van der Waals surface area contributed by atoms with Crippen LogP contribution in [-0.4, -0.2) is 20.4 Å². The number of H-pyrrole nitrogens is 1. The molecule has 13 heavy (non-hydrogen) atoms. The second kappa shape index (κ2) is 2.97. The highest BCUT2D eigenvalue weighted by Crippen LogP contribution is 2.38. The van der Waals surface area contributed by atoms with Crippen LogP contribution in [0.2, 0.25) is 0 Å². The van der Waals surface area contributed by atoms with Gasteiger partial charge in [-0.2, -0.15) is 0 Å². The molecule has 0 amide bonds. The van der Waals surface area contributed by atoms with Gasteiger partial charge in [0.05, 0.1) is 5.52 Å². The monoisotopic (exact) mass is 236 g/mol. The van der Waals surface area contributed by atoms with Crippen molar-refractivity contribution in [3.05, 3.63) is 18.0 Å². The van der Waals surface area contributed by atoms with Crippen molar-refractivity contribution in [3.8, 4) is 0 Å². The largest absolute Gasteiger partial charge is 0.358 e. The lowest BCUT2D eigenvalue weighted by Crippen LogP contribution is -2.07. The average Bonchev–Trinajstić information content (AvgIpc) is 2.48. The molecule has 2 aromatic rings. The molecule has 0 saturated carbocycles. The first-order valence-electron chi connectivity index (χ1n) is 3.32. The summed E-state index contributed by atoms with van der Waals surface area (Å²) in [5, 5.41) is 10.9. The molecular weight excluding hydrogens is 234 g/mol. The summed E-state index contributed by atoms with van der Waals surface area (Å²) in [6.07, 6.45) is 1.68. The molecule has 7 heteroatoms. The van der Waals surface area contributed by atoms with E-state index in [0.29, 0.717) is 11.0 Å². The van der Waals surface area contributed by atoms with Crippen molar-refractivity contribution in [2.24, 2.45) is 0 Å². The molecule has 0 aliphatic carbocycles. The number of alkyl halides is 3. The van der Waals surface area contributed by atoms with E-state index in [1.807, 2.05) is 0 Å². The minimum Gasteiger partial charge on any atom is -0.358 e. The number of nitrogens with one attached hydrogen (secondary N) is 1. The normalized spacial score (nSPS) is 12.2. The van der Waals surface area contributed by atoms with Crippen molar-refractivity contribution in [2.75, 3.05) is 0 Å². The fraction of sp³-hybridized carbons (Fsp3) is 0.167. The highest BCUT2D eigenvalue weighted by Gasteiger charge is 2.28. The zero-order chi connectivity index (χ0) is 9.47. The number of hydrogen-bond donors (Lipinski definition) is 1. The number of aromatic amines is 1. The van der Waals surface area contributed by atoms with Gasteiger partial charge in [0.1, 0.15) is 11.2 Å². The molecule has 0 aromatic carbocycles. The molecule has 2 rings (SSSR count). The molecule has 0 bridgehead atoms. The van der Waals surface area contributed by atoms with E-state index in [-0.39, 0.29) is 5.69 Å². The van der Waals surface area contributed by atoms with Gasteiger partial charge >= 0.3 is 0 Å². The lowest BCUT2D eigenvalue weighted by atomic mass is 10.4. The van der Waals surface area contributed by atoms with Crippen LogP contribution in [0.3, 0.4) is 0 Å². The first kappa shape index (κ1) is 8.99. The maximum Gasteiger partial charge on any atom is 0.236 e. The zero-order valence-electron chi connectivity index (χ0n) is 6.13. The smallest absolute Gasteiger partial charge is 0.236 e. The van der Waals surface area contributed by atoms with Gasteiger partial charge in [-0.25, -0.2) is 0 Å².